The molecule has 228 valence electrons. The quantitative estimate of drug-likeness (QED) is 0.488. The molecule has 0 radical (unpaired) electrons. The Labute approximate surface area is 251 Å². The van der Waals surface area contributed by atoms with E-state index in [1.54, 1.807) is 27.5 Å². The van der Waals surface area contributed by atoms with Gasteiger partial charge in [0, 0.05) is 26.1 Å². The first-order valence-electron chi connectivity index (χ1n) is 15.0. The molecule has 10 nitrogen and oxygen atoms in total. The topological polar surface area (TPSA) is 110 Å². The number of hydrogen-bond donors (Lipinski definition) is 1. The summed E-state index contributed by atoms with van der Waals surface area (Å²) in [6, 6.07) is 13.3. The number of rotatable bonds is 5. The monoisotopic (exact) mass is 590 g/mol. The predicted molar refractivity (Wildman–Crippen MR) is 158 cm³/mol. The number of piperidine rings is 1. The number of amides is 3. The van der Waals surface area contributed by atoms with E-state index in [0.717, 1.165) is 18.4 Å². The second-order valence-corrected chi connectivity index (χ2v) is 11.2. The van der Waals surface area contributed by atoms with Gasteiger partial charge in [-0.2, -0.15) is 5.10 Å². The zero-order valence-corrected chi connectivity index (χ0v) is 24.8. The Morgan fingerprint density at radius 3 is 2.60 bits per heavy atom. The van der Waals surface area contributed by atoms with Crippen molar-refractivity contribution in [2.24, 2.45) is 0 Å². The van der Waals surface area contributed by atoms with E-state index >= 15 is 0 Å². The number of nitrogens with one attached hydrogen (secondary N) is 1. The van der Waals surface area contributed by atoms with Gasteiger partial charge in [-0.15, -0.1) is 0 Å². The highest BCUT2D eigenvalue weighted by atomic mass is 19.1. The van der Waals surface area contributed by atoms with Gasteiger partial charge in [0.1, 0.15) is 17.7 Å². The minimum atomic E-state index is -0.553. The van der Waals surface area contributed by atoms with Crippen LogP contribution in [0.4, 0.5) is 4.39 Å². The van der Waals surface area contributed by atoms with Crippen LogP contribution in [-0.4, -0.2) is 75.1 Å². The van der Waals surface area contributed by atoms with Gasteiger partial charge in [-0.1, -0.05) is 36.4 Å². The highest BCUT2D eigenvalue weighted by molar-refractivity contribution is 5.88. The number of carbonyl (C=O) groups excluding carboxylic acids is 3. The summed E-state index contributed by atoms with van der Waals surface area (Å²) < 4.78 is 21.1. The number of halogens is 1. The molecule has 0 bridgehead atoms. The molecule has 2 aliphatic rings. The van der Waals surface area contributed by atoms with E-state index in [-0.39, 0.29) is 36.3 Å². The maximum atomic E-state index is 14.3. The Bertz CT molecular complexity index is 1440. The van der Waals surface area contributed by atoms with Crippen molar-refractivity contribution in [3.8, 4) is 5.75 Å². The molecule has 3 aromatic rings. The van der Waals surface area contributed by atoms with Crippen molar-refractivity contribution < 1.29 is 23.5 Å². The van der Waals surface area contributed by atoms with Crippen LogP contribution in [0.2, 0.25) is 0 Å². The summed E-state index contributed by atoms with van der Waals surface area (Å²) in [5.74, 6) is 0.326. The molecular weight excluding hydrogens is 551 g/mol. The van der Waals surface area contributed by atoms with Gasteiger partial charge in [0.15, 0.2) is 11.6 Å². The fourth-order valence-electron chi connectivity index (χ4n) is 5.97. The highest BCUT2D eigenvalue weighted by Gasteiger charge is 2.34. The summed E-state index contributed by atoms with van der Waals surface area (Å²) in [5, 5.41) is 7.84. The summed E-state index contributed by atoms with van der Waals surface area (Å²) in [6.07, 6.45) is 3.51. The Kier molecular flexibility index (Phi) is 9.68. The highest BCUT2D eigenvalue weighted by Crippen LogP contribution is 2.24. The van der Waals surface area contributed by atoms with Crippen LogP contribution < -0.4 is 10.1 Å². The molecule has 43 heavy (non-hydrogen) atoms. The van der Waals surface area contributed by atoms with E-state index in [1.807, 2.05) is 30.3 Å². The SMILES string of the molecule is COc1ccc(CC(=O)N2CCCC(=O)N3CCCC[C@H]3C(=O)N[C@H](Cc3ccccc3)c3nc(C)nn3CC2)cc1F. The fourth-order valence-corrected chi connectivity index (χ4v) is 5.97. The van der Waals surface area contributed by atoms with Gasteiger partial charge in [0.05, 0.1) is 26.1 Å². The lowest BCUT2D eigenvalue weighted by molar-refractivity contribution is -0.143. The lowest BCUT2D eigenvalue weighted by Gasteiger charge is -2.36. The van der Waals surface area contributed by atoms with Crippen molar-refractivity contribution in [3.63, 3.8) is 0 Å². The van der Waals surface area contributed by atoms with Gasteiger partial charge in [-0.25, -0.2) is 14.1 Å². The van der Waals surface area contributed by atoms with Gasteiger partial charge in [-0.3, -0.25) is 14.4 Å². The number of carbonyl (C=O) groups is 3. The van der Waals surface area contributed by atoms with Gasteiger partial charge < -0.3 is 19.9 Å². The Hall–Kier alpha value is -4.28. The molecule has 0 aliphatic carbocycles. The van der Waals surface area contributed by atoms with Crippen LogP contribution in [-0.2, 0) is 33.8 Å². The van der Waals surface area contributed by atoms with E-state index in [2.05, 4.69) is 10.4 Å². The molecule has 0 unspecified atom stereocenters. The van der Waals surface area contributed by atoms with Gasteiger partial charge in [0.2, 0.25) is 17.7 Å². The second kappa shape index (κ2) is 13.8. The summed E-state index contributed by atoms with van der Waals surface area (Å²) in [7, 11) is 1.40. The van der Waals surface area contributed by atoms with Gasteiger partial charge in [0.25, 0.3) is 0 Å². The first-order valence-corrected chi connectivity index (χ1v) is 15.0. The van der Waals surface area contributed by atoms with Crippen molar-refractivity contribution in [2.45, 2.75) is 70.5 Å². The molecule has 0 saturated carbocycles. The molecule has 2 aliphatic heterocycles. The molecule has 1 saturated heterocycles. The molecule has 5 rings (SSSR count). The lowest BCUT2D eigenvalue weighted by atomic mass is 9.99. The molecular formula is C32H39FN6O4. The third-order valence-corrected chi connectivity index (χ3v) is 8.17. The van der Waals surface area contributed by atoms with Crippen LogP contribution in [0.25, 0.3) is 0 Å². The number of ether oxygens (including phenoxy) is 1. The number of aromatic nitrogens is 3. The largest absolute Gasteiger partial charge is 0.494 e. The number of methoxy groups -OCH3 is 1. The number of fused-ring (bicyclic) bond motifs is 2. The minimum absolute atomic E-state index is 0.0129. The average molecular weight is 591 g/mol. The average Bonchev–Trinajstić information content (AvgIpc) is 3.38. The summed E-state index contributed by atoms with van der Waals surface area (Å²) in [4.78, 5) is 48.7. The van der Waals surface area contributed by atoms with Gasteiger partial charge in [-0.05, 0) is 62.3 Å². The van der Waals surface area contributed by atoms with E-state index in [0.29, 0.717) is 62.7 Å². The smallest absolute Gasteiger partial charge is 0.243 e. The van der Waals surface area contributed by atoms with Crippen LogP contribution in [0.1, 0.15) is 60.9 Å². The normalized spacial score (nSPS) is 20.1. The molecule has 1 aromatic heterocycles. The molecule has 1 N–H and O–H groups in total. The van der Waals surface area contributed by atoms with E-state index in [9.17, 15) is 18.8 Å². The van der Waals surface area contributed by atoms with E-state index in [1.165, 1.54) is 19.2 Å². The third kappa shape index (κ3) is 7.39. The molecule has 3 amide bonds. The predicted octanol–water partition coefficient (Wildman–Crippen LogP) is 3.38. The van der Waals surface area contributed by atoms with Gasteiger partial charge >= 0.3 is 0 Å². The summed E-state index contributed by atoms with van der Waals surface area (Å²) >= 11 is 0. The van der Waals surface area contributed by atoms with Crippen molar-refractivity contribution >= 4 is 17.7 Å². The van der Waals surface area contributed by atoms with Crippen molar-refractivity contribution in [3.05, 3.63) is 77.1 Å². The van der Waals surface area contributed by atoms with E-state index in [4.69, 9.17) is 9.72 Å². The molecule has 1 fully saturated rings. The number of nitrogens with zero attached hydrogens (tertiary/aromatic N) is 5. The van der Waals surface area contributed by atoms with Crippen molar-refractivity contribution in [1.29, 1.82) is 0 Å². The third-order valence-electron chi connectivity index (χ3n) is 8.17. The lowest BCUT2D eigenvalue weighted by Crippen LogP contribution is -2.53. The molecule has 2 aromatic carbocycles. The van der Waals surface area contributed by atoms with E-state index < -0.39 is 17.9 Å². The van der Waals surface area contributed by atoms with Crippen LogP contribution in [0.5, 0.6) is 5.75 Å². The standard InChI is InChI=1S/C32H39FN6O4/c1-22-34-31-26(20-23-9-4-3-5-10-23)35-32(42)27-11-6-7-16-38(27)29(40)12-8-15-37(17-18-39(31)36-22)30(41)21-24-13-14-28(43-2)25(33)19-24/h3-5,9-10,13-14,19,26-27H,6-8,11-12,15-18,20-21H2,1-2H3,(H,35,42)/t26-,27+/m1/s1. The maximum Gasteiger partial charge on any atom is 0.243 e. The van der Waals surface area contributed by atoms with Crippen molar-refractivity contribution in [2.75, 3.05) is 26.7 Å². The number of hydrogen-bond acceptors (Lipinski definition) is 6. The van der Waals surface area contributed by atoms with Crippen LogP contribution in [0, 0.1) is 12.7 Å². The van der Waals surface area contributed by atoms with Crippen molar-refractivity contribution in [1.82, 2.24) is 29.9 Å². The zero-order valence-electron chi connectivity index (χ0n) is 24.8. The first kappa shape index (κ1) is 30.2. The summed E-state index contributed by atoms with van der Waals surface area (Å²) in [6.45, 7) is 3.35. The fraction of sp³-hybridized carbons (Fsp3) is 0.469. The Balaban J connectivity index is 1.44. The molecule has 2 atom stereocenters. The molecule has 11 heteroatoms. The number of benzene rings is 2. The molecule has 3 heterocycles. The maximum absolute atomic E-state index is 14.3. The second-order valence-electron chi connectivity index (χ2n) is 11.2. The Morgan fingerprint density at radius 2 is 1.84 bits per heavy atom. The number of aryl methyl sites for hydroxylation is 1. The minimum Gasteiger partial charge on any atom is -0.494 e. The van der Waals surface area contributed by atoms with Crippen LogP contribution in [0.3, 0.4) is 0 Å². The van der Waals surface area contributed by atoms with Crippen LogP contribution in [0.15, 0.2) is 48.5 Å². The van der Waals surface area contributed by atoms with Crippen LogP contribution >= 0.6 is 0 Å². The zero-order chi connectivity index (χ0) is 30.3. The first-order chi connectivity index (χ1) is 20.8. The summed E-state index contributed by atoms with van der Waals surface area (Å²) in [5.41, 5.74) is 1.57. The molecule has 0 spiro atoms. The Morgan fingerprint density at radius 1 is 1.02 bits per heavy atom.